The number of nitrogens with one attached hydrogen (secondary N) is 2. The molecule has 0 unspecified atom stereocenters. The summed E-state index contributed by atoms with van der Waals surface area (Å²) in [7, 11) is 0. The lowest BCUT2D eigenvalue weighted by molar-refractivity contribution is 0.103. The Balaban J connectivity index is 1.96. The Morgan fingerprint density at radius 2 is 1.74 bits per heavy atom. The van der Waals surface area contributed by atoms with Crippen LogP contribution in [0.4, 0.5) is 0 Å². The molecule has 0 aliphatic rings. The predicted molar refractivity (Wildman–Crippen MR) is 88.0 cm³/mol. The van der Waals surface area contributed by atoms with Crippen LogP contribution in [-0.2, 0) is 0 Å². The van der Waals surface area contributed by atoms with Gasteiger partial charge in [-0.05, 0) is 42.5 Å². The van der Waals surface area contributed by atoms with Gasteiger partial charge < -0.3 is 15.1 Å². The second kappa shape index (κ2) is 4.84. The number of carbonyl (C=O) groups is 1. The van der Waals surface area contributed by atoms with E-state index in [-0.39, 0.29) is 17.0 Å². The molecule has 3 N–H and O–H groups in total. The maximum absolute atomic E-state index is 12.7. The van der Waals surface area contributed by atoms with Gasteiger partial charge in [0, 0.05) is 28.6 Å². The number of hydrogen-bond acceptors (Lipinski definition) is 3. The van der Waals surface area contributed by atoms with Gasteiger partial charge in [-0.15, -0.1) is 0 Å². The molecule has 4 rings (SSSR count). The Bertz CT molecular complexity index is 1100. The summed E-state index contributed by atoms with van der Waals surface area (Å²) in [6, 6.07) is 12.7. The maximum Gasteiger partial charge on any atom is 0.211 e. The Morgan fingerprint density at radius 3 is 2.52 bits per heavy atom. The Labute approximate surface area is 130 Å². The summed E-state index contributed by atoms with van der Waals surface area (Å²) >= 11 is 0. The van der Waals surface area contributed by atoms with Gasteiger partial charge >= 0.3 is 0 Å². The Hall–Kier alpha value is -3.34. The van der Waals surface area contributed by atoms with Crippen molar-refractivity contribution in [3.63, 3.8) is 0 Å². The van der Waals surface area contributed by atoms with Gasteiger partial charge in [0.25, 0.3) is 0 Å². The number of fused-ring (bicyclic) bond motifs is 3. The van der Waals surface area contributed by atoms with Crippen LogP contribution in [0.2, 0.25) is 0 Å². The van der Waals surface area contributed by atoms with Crippen molar-refractivity contribution in [2.75, 3.05) is 0 Å². The molecular formula is C18H12N2O3. The first-order chi connectivity index (χ1) is 11.1. The number of aromatic amines is 2. The first kappa shape index (κ1) is 13.3. The van der Waals surface area contributed by atoms with E-state index in [9.17, 15) is 14.7 Å². The van der Waals surface area contributed by atoms with Crippen LogP contribution in [0.15, 0.2) is 59.5 Å². The van der Waals surface area contributed by atoms with Crippen molar-refractivity contribution in [1.29, 1.82) is 0 Å². The molecule has 5 heteroatoms. The highest BCUT2D eigenvalue weighted by molar-refractivity contribution is 6.18. The van der Waals surface area contributed by atoms with Gasteiger partial charge in [0.1, 0.15) is 11.4 Å². The van der Waals surface area contributed by atoms with Gasteiger partial charge in [0.05, 0.1) is 11.0 Å². The van der Waals surface area contributed by atoms with Crippen LogP contribution in [0.5, 0.6) is 5.75 Å². The molecular weight excluding hydrogens is 292 g/mol. The fraction of sp³-hybridized carbons (Fsp3) is 0. The third-order valence-electron chi connectivity index (χ3n) is 3.89. The summed E-state index contributed by atoms with van der Waals surface area (Å²) in [4.78, 5) is 30.4. The van der Waals surface area contributed by atoms with E-state index in [4.69, 9.17) is 0 Å². The van der Waals surface area contributed by atoms with Crippen molar-refractivity contribution >= 4 is 27.6 Å². The average Bonchev–Trinajstić information content (AvgIpc) is 2.92. The summed E-state index contributed by atoms with van der Waals surface area (Å²) in [5.41, 5.74) is 2.16. The van der Waals surface area contributed by atoms with E-state index in [1.54, 1.807) is 24.4 Å². The summed E-state index contributed by atoms with van der Waals surface area (Å²) in [5.74, 6) is -0.0816. The predicted octanol–water partition coefficient (Wildman–Crippen LogP) is 2.95. The minimum Gasteiger partial charge on any atom is -0.508 e. The number of aromatic hydroxyl groups is 1. The number of H-pyrrole nitrogens is 2. The standard InChI is InChI=1S/C18H12N2O3/c21-11-3-1-10(2-4-11)18(23)17-16-14(7-8-19-17)13-6-5-12(22)9-15(13)20-16/h1-9,19-21H. The van der Waals surface area contributed by atoms with Crippen LogP contribution >= 0.6 is 0 Å². The smallest absolute Gasteiger partial charge is 0.211 e. The minimum atomic E-state index is -0.190. The van der Waals surface area contributed by atoms with E-state index in [1.165, 1.54) is 24.3 Å². The quantitative estimate of drug-likeness (QED) is 0.498. The van der Waals surface area contributed by atoms with Crippen LogP contribution in [0, 0.1) is 0 Å². The molecule has 2 aromatic carbocycles. The first-order valence-corrected chi connectivity index (χ1v) is 7.10. The highest BCUT2D eigenvalue weighted by Crippen LogP contribution is 2.27. The van der Waals surface area contributed by atoms with Crippen molar-refractivity contribution in [3.05, 3.63) is 76.2 Å². The van der Waals surface area contributed by atoms with Gasteiger partial charge in [0.15, 0.2) is 5.43 Å². The van der Waals surface area contributed by atoms with Gasteiger partial charge in [-0.1, -0.05) is 0 Å². The number of pyridine rings is 1. The van der Waals surface area contributed by atoms with E-state index >= 15 is 0 Å². The van der Waals surface area contributed by atoms with Crippen molar-refractivity contribution in [2.24, 2.45) is 0 Å². The van der Waals surface area contributed by atoms with E-state index in [0.717, 1.165) is 10.8 Å². The summed E-state index contributed by atoms with van der Waals surface area (Å²) < 4.78 is 0. The first-order valence-electron chi connectivity index (χ1n) is 7.10. The molecule has 0 atom stereocenters. The zero-order chi connectivity index (χ0) is 16.0. The fourth-order valence-electron chi connectivity index (χ4n) is 2.79. The number of rotatable bonds is 2. The monoisotopic (exact) mass is 304 g/mol. The van der Waals surface area contributed by atoms with Crippen molar-refractivity contribution in [1.82, 2.24) is 9.97 Å². The summed E-state index contributed by atoms with van der Waals surface area (Å²) in [5, 5.41) is 11.1. The van der Waals surface area contributed by atoms with Crippen LogP contribution in [0.25, 0.3) is 21.8 Å². The lowest BCUT2D eigenvalue weighted by atomic mass is 10.1. The third-order valence-corrected chi connectivity index (χ3v) is 3.89. The van der Waals surface area contributed by atoms with Gasteiger partial charge in [0.2, 0.25) is 5.78 Å². The maximum atomic E-state index is 12.7. The van der Waals surface area contributed by atoms with Crippen molar-refractivity contribution in [2.45, 2.75) is 0 Å². The molecule has 0 bridgehead atoms. The van der Waals surface area contributed by atoms with E-state index in [2.05, 4.69) is 9.97 Å². The zero-order valence-electron chi connectivity index (χ0n) is 12.0. The van der Waals surface area contributed by atoms with Crippen LogP contribution in [-0.4, -0.2) is 20.9 Å². The molecule has 0 aliphatic carbocycles. The molecule has 2 heterocycles. The Morgan fingerprint density at radius 1 is 0.957 bits per heavy atom. The minimum absolute atomic E-state index is 0.0838. The van der Waals surface area contributed by atoms with E-state index < -0.39 is 0 Å². The second-order valence-corrected chi connectivity index (χ2v) is 5.35. The van der Waals surface area contributed by atoms with Crippen molar-refractivity contribution in [3.8, 4) is 5.75 Å². The van der Waals surface area contributed by atoms with Crippen molar-refractivity contribution < 1.29 is 9.90 Å². The molecule has 0 saturated carbocycles. The highest BCUT2D eigenvalue weighted by atomic mass is 16.3. The molecule has 23 heavy (non-hydrogen) atoms. The molecule has 4 aromatic rings. The number of benzene rings is 2. The zero-order valence-corrected chi connectivity index (χ0v) is 12.0. The van der Waals surface area contributed by atoms with Crippen LogP contribution in [0.1, 0.15) is 16.1 Å². The molecule has 0 radical (unpaired) electrons. The van der Waals surface area contributed by atoms with E-state index in [1.807, 2.05) is 6.07 Å². The number of hydrogen-bond donors (Lipinski definition) is 3. The molecule has 0 fully saturated rings. The largest absolute Gasteiger partial charge is 0.508 e. The number of carbonyl (C=O) groups excluding carboxylic acids is 1. The SMILES string of the molecule is O=C(c1ccc(O)cc1)c1[nH]ccc2c1[nH]c1cc(=O)ccc12. The molecule has 0 spiro atoms. The Kier molecular flexibility index (Phi) is 2.81. The highest BCUT2D eigenvalue weighted by Gasteiger charge is 2.16. The molecule has 0 aliphatic heterocycles. The lowest BCUT2D eigenvalue weighted by Gasteiger charge is -2.03. The topological polar surface area (TPSA) is 85.9 Å². The number of ketones is 1. The summed E-state index contributed by atoms with van der Waals surface area (Å²) in [6.07, 6.45) is 1.70. The lowest BCUT2D eigenvalue weighted by Crippen LogP contribution is -2.04. The van der Waals surface area contributed by atoms with E-state index in [0.29, 0.717) is 22.3 Å². The van der Waals surface area contributed by atoms with Crippen LogP contribution < -0.4 is 5.43 Å². The van der Waals surface area contributed by atoms with Gasteiger partial charge in [-0.3, -0.25) is 9.59 Å². The molecule has 112 valence electrons. The van der Waals surface area contributed by atoms with Gasteiger partial charge in [-0.2, -0.15) is 0 Å². The molecule has 0 saturated heterocycles. The fourth-order valence-corrected chi connectivity index (χ4v) is 2.79. The molecule has 0 amide bonds. The van der Waals surface area contributed by atoms with Crippen LogP contribution in [0.3, 0.4) is 0 Å². The number of phenols is 1. The second-order valence-electron chi connectivity index (χ2n) is 5.35. The summed E-state index contributed by atoms with van der Waals surface area (Å²) in [6.45, 7) is 0. The third kappa shape index (κ3) is 2.10. The molecule has 5 nitrogen and oxygen atoms in total. The van der Waals surface area contributed by atoms with Gasteiger partial charge in [-0.25, -0.2) is 0 Å². The average molecular weight is 304 g/mol. The normalized spacial score (nSPS) is 11.1. The molecule has 2 aromatic heterocycles. The number of aromatic nitrogens is 2. The number of phenolic OH excluding ortho intramolecular Hbond substituents is 1.